The van der Waals surface area contributed by atoms with Crippen molar-refractivity contribution in [3.63, 3.8) is 0 Å². The number of aliphatic hydroxyl groups is 1. The van der Waals surface area contributed by atoms with E-state index in [9.17, 15) is 14.0 Å². The van der Waals surface area contributed by atoms with E-state index >= 15 is 0 Å². The van der Waals surface area contributed by atoms with Crippen LogP contribution in [-0.2, 0) is 6.67 Å². The molecule has 4 N–H and O–H groups in total. The molecule has 3 rings (SSSR count). The Bertz CT molecular complexity index is 1160. The average molecular weight is 513 g/mol. The number of alkyl halides is 1. The summed E-state index contributed by atoms with van der Waals surface area (Å²) < 4.78 is 12.8. The number of nitrogens with zero attached hydrogens (tertiary/aromatic N) is 3. The van der Waals surface area contributed by atoms with Crippen LogP contribution in [0.15, 0.2) is 30.7 Å². The molecule has 0 aliphatic rings. The Morgan fingerprint density at radius 1 is 1.21 bits per heavy atom. The molecule has 9 nitrogen and oxygen atoms in total. The van der Waals surface area contributed by atoms with Gasteiger partial charge in [-0.1, -0.05) is 29.3 Å². The van der Waals surface area contributed by atoms with Gasteiger partial charge in [0, 0.05) is 22.8 Å². The van der Waals surface area contributed by atoms with Gasteiger partial charge in [-0.25, -0.2) is 19.3 Å². The van der Waals surface area contributed by atoms with Gasteiger partial charge < -0.3 is 21.1 Å². The van der Waals surface area contributed by atoms with Gasteiger partial charge >= 0.3 is 0 Å². The number of carbonyl (C=O) groups excluding carboxylic acids is 2. The van der Waals surface area contributed by atoms with Crippen LogP contribution < -0.4 is 16.0 Å². The number of aromatic nitrogens is 3. The first kappa shape index (κ1) is 24.8. The molecule has 0 spiro atoms. The van der Waals surface area contributed by atoms with Crippen LogP contribution in [0.3, 0.4) is 0 Å². The van der Waals surface area contributed by atoms with Crippen LogP contribution in [0.4, 0.5) is 15.9 Å². The zero-order valence-corrected chi connectivity index (χ0v) is 19.6. The Balaban J connectivity index is 1.66. The molecule has 0 aliphatic heterocycles. The van der Waals surface area contributed by atoms with E-state index in [-0.39, 0.29) is 34.7 Å². The van der Waals surface area contributed by atoms with Crippen LogP contribution in [0.1, 0.15) is 43.7 Å². The van der Waals surface area contributed by atoms with Crippen LogP contribution in [0.5, 0.6) is 0 Å². The van der Waals surface area contributed by atoms with Crippen molar-refractivity contribution in [3.05, 3.63) is 61.9 Å². The van der Waals surface area contributed by atoms with Gasteiger partial charge in [0.15, 0.2) is 5.69 Å². The second-order valence-electron chi connectivity index (χ2n) is 6.69. The number of hydrogen-bond donors (Lipinski definition) is 4. The van der Waals surface area contributed by atoms with Crippen molar-refractivity contribution < 1.29 is 19.1 Å². The number of amides is 2. The van der Waals surface area contributed by atoms with Gasteiger partial charge in [-0.05, 0) is 19.1 Å². The predicted molar refractivity (Wildman–Crippen MR) is 125 cm³/mol. The number of hydrogen-bond acceptors (Lipinski definition) is 8. The van der Waals surface area contributed by atoms with Crippen molar-refractivity contribution in [1.82, 2.24) is 20.3 Å². The third kappa shape index (κ3) is 6.14. The van der Waals surface area contributed by atoms with Crippen molar-refractivity contribution in [2.45, 2.75) is 19.6 Å². The normalized spacial score (nSPS) is 11.7. The predicted octanol–water partition coefficient (Wildman–Crippen LogP) is 3.86. The van der Waals surface area contributed by atoms with E-state index < -0.39 is 24.5 Å². The number of thiazole rings is 1. The molecule has 3 aromatic rings. The van der Waals surface area contributed by atoms with Gasteiger partial charge in [-0.3, -0.25) is 9.59 Å². The van der Waals surface area contributed by atoms with Crippen molar-refractivity contribution in [3.8, 4) is 0 Å². The minimum absolute atomic E-state index is 0.0206. The van der Waals surface area contributed by atoms with Crippen LogP contribution in [0.2, 0.25) is 10.0 Å². The molecule has 1 atom stereocenters. The quantitative estimate of drug-likeness (QED) is 0.342. The summed E-state index contributed by atoms with van der Waals surface area (Å²) in [5, 5.41) is 17.8. The van der Waals surface area contributed by atoms with Crippen LogP contribution in [0, 0.1) is 0 Å². The molecule has 2 amide bonds. The van der Waals surface area contributed by atoms with Crippen molar-refractivity contribution in [2.75, 3.05) is 23.8 Å². The second-order valence-corrected chi connectivity index (χ2v) is 8.53. The highest BCUT2D eigenvalue weighted by Gasteiger charge is 2.21. The largest absolute Gasteiger partial charge is 0.395 e. The second kappa shape index (κ2) is 11.3. The monoisotopic (exact) mass is 512 g/mol. The number of nitrogens with one attached hydrogen (secondary N) is 3. The number of aliphatic hydroxyl groups excluding tert-OH is 1. The van der Waals surface area contributed by atoms with Gasteiger partial charge in [0.1, 0.15) is 33.7 Å². The number of carbonyl (C=O) groups is 2. The first-order valence-electron chi connectivity index (χ1n) is 9.61. The van der Waals surface area contributed by atoms with Crippen molar-refractivity contribution in [2.24, 2.45) is 0 Å². The highest BCUT2D eigenvalue weighted by Crippen LogP contribution is 2.26. The molecule has 0 saturated carbocycles. The SMILES string of the molecule is CC(NC(=O)c1ncnc(NCCO)c1Cl)c1ncc(C(=O)Nc2ccc(CF)c(Cl)c2)s1. The van der Waals surface area contributed by atoms with Crippen LogP contribution >= 0.6 is 34.5 Å². The molecule has 2 aromatic heterocycles. The molecule has 2 heterocycles. The summed E-state index contributed by atoms with van der Waals surface area (Å²) in [5.74, 6) is -0.739. The van der Waals surface area contributed by atoms with Crippen LogP contribution in [-0.4, -0.2) is 45.0 Å². The fourth-order valence-corrected chi connectivity index (χ4v) is 3.97. The topological polar surface area (TPSA) is 129 Å². The number of anilines is 2. The zero-order valence-electron chi connectivity index (χ0n) is 17.2. The molecule has 0 fully saturated rings. The van der Waals surface area contributed by atoms with Gasteiger partial charge in [0.25, 0.3) is 11.8 Å². The lowest BCUT2D eigenvalue weighted by molar-refractivity contribution is 0.0934. The summed E-state index contributed by atoms with van der Waals surface area (Å²) in [6.07, 6.45) is 2.58. The maximum atomic E-state index is 12.8. The molecule has 1 unspecified atom stereocenters. The first-order chi connectivity index (χ1) is 15.8. The molecular formula is C20H19Cl2FN6O3S. The molecule has 0 bridgehead atoms. The number of benzene rings is 1. The number of halogens is 3. The van der Waals surface area contributed by atoms with Gasteiger partial charge in [-0.15, -0.1) is 11.3 Å². The lowest BCUT2D eigenvalue weighted by atomic mass is 10.2. The highest BCUT2D eigenvalue weighted by molar-refractivity contribution is 7.13. The molecular weight excluding hydrogens is 494 g/mol. The Labute approximate surface area is 202 Å². The summed E-state index contributed by atoms with van der Waals surface area (Å²) in [6.45, 7) is 1.09. The van der Waals surface area contributed by atoms with Gasteiger partial charge in [-0.2, -0.15) is 0 Å². The molecule has 0 saturated heterocycles. The molecule has 0 radical (unpaired) electrons. The summed E-state index contributed by atoms with van der Waals surface area (Å²) in [4.78, 5) is 37.5. The Kier molecular flexibility index (Phi) is 8.50. The van der Waals surface area contributed by atoms with Gasteiger partial charge in [0.2, 0.25) is 0 Å². The molecule has 0 aliphatic carbocycles. The van der Waals surface area contributed by atoms with E-state index in [1.807, 2.05) is 0 Å². The van der Waals surface area contributed by atoms with E-state index in [1.165, 1.54) is 24.7 Å². The summed E-state index contributed by atoms with van der Waals surface area (Å²) in [6, 6.07) is 3.98. The lowest BCUT2D eigenvalue weighted by Gasteiger charge is -2.13. The van der Waals surface area contributed by atoms with Crippen molar-refractivity contribution >= 4 is 57.9 Å². The van der Waals surface area contributed by atoms with E-state index in [2.05, 4.69) is 30.9 Å². The third-order valence-corrected chi connectivity index (χ3v) is 6.22. The van der Waals surface area contributed by atoms with E-state index in [4.69, 9.17) is 28.3 Å². The maximum absolute atomic E-state index is 12.8. The standard InChI is InChI=1S/C20H19Cl2FN6O3S/c1-10(28-19(32)16-15(22)17(24-4-5-30)27-9-26-16)20-25-8-14(33-20)18(31)29-12-3-2-11(7-23)13(21)6-12/h2-3,6,8-10,30H,4-5,7H2,1H3,(H,28,32)(H,29,31)(H,24,26,27). The highest BCUT2D eigenvalue weighted by atomic mass is 35.5. The first-order valence-corrected chi connectivity index (χ1v) is 11.2. The maximum Gasteiger partial charge on any atom is 0.272 e. The fraction of sp³-hybridized carbons (Fsp3) is 0.250. The zero-order chi connectivity index (χ0) is 24.0. The van der Waals surface area contributed by atoms with E-state index in [0.29, 0.717) is 21.1 Å². The van der Waals surface area contributed by atoms with E-state index in [1.54, 1.807) is 13.0 Å². The van der Waals surface area contributed by atoms with Crippen LogP contribution in [0.25, 0.3) is 0 Å². The molecule has 33 heavy (non-hydrogen) atoms. The summed E-state index contributed by atoms with van der Waals surface area (Å²) in [5.41, 5.74) is 0.712. The minimum atomic E-state index is -0.699. The Morgan fingerprint density at radius 3 is 2.70 bits per heavy atom. The minimum Gasteiger partial charge on any atom is -0.395 e. The lowest BCUT2D eigenvalue weighted by Crippen LogP contribution is -2.28. The number of rotatable bonds is 9. The molecule has 13 heteroatoms. The smallest absolute Gasteiger partial charge is 0.272 e. The average Bonchev–Trinajstić information content (AvgIpc) is 3.29. The summed E-state index contributed by atoms with van der Waals surface area (Å²) >= 11 is 13.3. The fourth-order valence-electron chi connectivity index (χ4n) is 2.67. The summed E-state index contributed by atoms with van der Waals surface area (Å²) in [7, 11) is 0. The molecule has 1 aromatic carbocycles. The Hall–Kier alpha value is -2.86. The van der Waals surface area contributed by atoms with Crippen molar-refractivity contribution in [1.29, 1.82) is 0 Å². The molecule has 174 valence electrons. The third-order valence-electron chi connectivity index (χ3n) is 4.33. The van der Waals surface area contributed by atoms with E-state index in [0.717, 1.165) is 11.3 Å². The Morgan fingerprint density at radius 2 is 2.00 bits per heavy atom. The van der Waals surface area contributed by atoms with Gasteiger partial charge in [0.05, 0.1) is 18.8 Å².